The van der Waals surface area contributed by atoms with Crippen LogP contribution in [-0.2, 0) is 67.2 Å². The Balaban J connectivity index is 1.55. The molecule has 1 aliphatic rings. The van der Waals surface area contributed by atoms with Crippen LogP contribution in [0.25, 0.3) is 10.9 Å². The molecule has 4 aromatic rings. The van der Waals surface area contributed by atoms with Crippen molar-refractivity contribution in [2.75, 3.05) is 37.9 Å². The molecule has 0 saturated carbocycles. The number of H-pyrrole nitrogens is 1. The third kappa shape index (κ3) is 20.3. The minimum atomic E-state index is -1.76. The lowest BCUT2D eigenvalue weighted by Gasteiger charge is -2.29. The number of ether oxygens (including phenoxy) is 1. The Bertz CT molecular complexity index is 2680. The number of benzene rings is 3. The van der Waals surface area contributed by atoms with Gasteiger partial charge in [0.15, 0.2) is 6.61 Å². The quantitative estimate of drug-likeness (QED) is 0.0241. The van der Waals surface area contributed by atoms with E-state index in [2.05, 4.69) is 52.3 Å². The fraction of sp³-hybridized carbons (Fsp3) is 0.453. The largest absolute Gasteiger partial charge is 0.454 e. The molecule has 8 amide bonds. The van der Waals surface area contributed by atoms with Gasteiger partial charge in [0.25, 0.3) is 5.91 Å². The summed E-state index contributed by atoms with van der Waals surface area (Å²) in [5.74, 6) is -8.26. The van der Waals surface area contributed by atoms with Gasteiger partial charge in [-0.15, -0.1) is 0 Å². The Labute approximate surface area is 464 Å². The van der Waals surface area contributed by atoms with E-state index in [1.54, 1.807) is 85.1 Å². The maximum atomic E-state index is 14.8. The molecule has 24 nitrogen and oxygen atoms in total. The highest BCUT2D eigenvalue weighted by molar-refractivity contribution is 8.76. The van der Waals surface area contributed by atoms with Crippen LogP contribution in [0.4, 0.5) is 0 Å². The highest BCUT2D eigenvalue weighted by Crippen LogP contribution is 2.24. The number of hydrogen-bond donors (Lipinski definition) is 14. The van der Waals surface area contributed by atoms with Gasteiger partial charge in [-0.2, -0.15) is 0 Å². The fourth-order valence-corrected chi connectivity index (χ4v) is 10.5. The molecule has 0 aliphatic carbocycles. The number of aromatic nitrogens is 1. The van der Waals surface area contributed by atoms with Crippen molar-refractivity contribution in [3.05, 3.63) is 108 Å². The fourth-order valence-electron chi connectivity index (χ4n) is 8.18. The minimum Gasteiger partial charge on any atom is -0.454 e. The van der Waals surface area contributed by atoms with Crippen LogP contribution in [0.1, 0.15) is 49.8 Å². The summed E-state index contributed by atoms with van der Waals surface area (Å²) in [6.45, 7) is 0.273. The third-order valence-electron chi connectivity index (χ3n) is 12.6. The first-order valence-corrected chi connectivity index (χ1v) is 28.1. The zero-order valence-electron chi connectivity index (χ0n) is 43.7. The van der Waals surface area contributed by atoms with E-state index in [-0.39, 0.29) is 56.6 Å². The maximum absolute atomic E-state index is 14.8. The van der Waals surface area contributed by atoms with Gasteiger partial charge in [0.2, 0.25) is 41.4 Å². The molecule has 8 unspecified atom stereocenters. The first-order chi connectivity index (χ1) is 37.9. The van der Waals surface area contributed by atoms with Crippen LogP contribution in [0.3, 0.4) is 0 Å². The molecule has 15 N–H and O–H groups in total. The average molecular weight is 1140 g/mol. The molecule has 1 aliphatic heterocycles. The van der Waals surface area contributed by atoms with E-state index in [9.17, 15) is 58.5 Å². The lowest BCUT2D eigenvalue weighted by Crippen LogP contribution is -2.62. The predicted molar refractivity (Wildman–Crippen MR) is 294 cm³/mol. The van der Waals surface area contributed by atoms with Gasteiger partial charge in [-0.1, -0.05) is 100 Å². The number of para-hydroxylation sites is 1. The zero-order valence-corrected chi connectivity index (χ0v) is 45.3. The molecular formula is C53H70N10O14S2. The average Bonchev–Trinajstić information content (AvgIpc) is 3.85. The molecule has 5 rings (SSSR count). The number of carbonyl (C=O) groups is 9. The number of nitrogens with two attached hydrogens (primary N) is 1. The number of fused-ring (bicyclic) bond motifs is 1. The van der Waals surface area contributed by atoms with Gasteiger partial charge in [0, 0.05) is 48.0 Å². The smallest absolute Gasteiger partial charge is 0.332 e. The number of aromatic amines is 1. The van der Waals surface area contributed by atoms with Crippen molar-refractivity contribution in [2.24, 2.45) is 5.73 Å². The molecule has 1 fully saturated rings. The van der Waals surface area contributed by atoms with E-state index < -0.39 is 134 Å². The van der Waals surface area contributed by atoms with Crippen molar-refractivity contribution >= 4 is 85.7 Å². The molecule has 79 heavy (non-hydrogen) atoms. The van der Waals surface area contributed by atoms with E-state index in [1.165, 1.54) is 13.8 Å². The number of amides is 8. The van der Waals surface area contributed by atoms with E-state index in [0.29, 0.717) is 22.0 Å². The Morgan fingerprint density at radius 2 is 1.33 bits per heavy atom. The maximum Gasteiger partial charge on any atom is 0.332 e. The monoisotopic (exact) mass is 1130 g/mol. The minimum absolute atomic E-state index is 0.0151. The molecule has 0 spiro atoms. The molecule has 0 radical (unpaired) electrons. The summed E-state index contributed by atoms with van der Waals surface area (Å²) >= 11 is 0. The lowest BCUT2D eigenvalue weighted by molar-refractivity contribution is -0.151. The molecule has 2 heterocycles. The first kappa shape index (κ1) is 62.8. The Morgan fingerprint density at radius 1 is 0.722 bits per heavy atom. The van der Waals surface area contributed by atoms with Crippen LogP contribution in [0.15, 0.2) is 91.1 Å². The van der Waals surface area contributed by atoms with Crippen LogP contribution < -0.4 is 48.3 Å². The second-order valence-corrected chi connectivity index (χ2v) is 21.4. The summed E-state index contributed by atoms with van der Waals surface area (Å²) in [6.07, 6.45) is -1.16. The van der Waals surface area contributed by atoms with Crippen molar-refractivity contribution in [3.63, 3.8) is 0 Å². The molecule has 10 atom stereocenters. The topological polar surface area (TPSA) is 382 Å². The second-order valence-electron chi connectivity index (χ2n) is 18.9. The first-order valence-electron chi connectivity index (χ1n) is 25.6. The number of aliphatic hydroxyl groups excluding tert-OH is 4. The normalized spacial score (nSPS) is 21.5. The Hall–Kier alpha value is -7.07. The number of hydrogen-bond acceptors (Lipinski definition) is 17. The number of rotatable bonds is 21. The summed E-state index contributed by atoms with van der Waals surface area (Å²) in [5.41, 5.74) is 9.04. The van der Waals surface area contributed by atoms with Gasteiger partial charge >= 0.3 is 5.97 Å². The van der Waals surface area contributed by atoms with Crippen LogP contribution in [-0.4, -0.2) is 177 Å². The van der Waals surface area contributed by atoms with E-state index in [0.717, 1.165) is 27.2 Å². The molecule has 3 aromatic carbocycles. The Morgan fingerprint density at radius 3 is 1.99 bits per heavy atom. The number of aliphatic hydroxyl groups is 4. The van der Waals surface area contributed by atoms with Crippen LogP contribution in [0.2, 0.25) is 0 Å². The van der Waals surface area contributed by atoms with Crippen LogP contribution in [0, 0.1) is 0 Å². The van der Waals surface area contributed by atoms with Gasteiger partial charge in [-0.25, -0.2) is 4.79 Å². The van der Waals surface area contributed by atoms with E-state index in [1.807, 2.05) is 6.07 Å². The molecule has 1 saturated heterocycles. The summed E-state index contributed by atoms with van der Waals surface area (Å²) in [6, 6.07) is 13.6. The van der Waals surface area contributed by atoms with Gasteiger partial charge in [-0.05, 0) is 62.3 Å². The predicted octanol–water partition coefficient (Wildman–Crippen LogP) is -2.11. The van der Waals surface area contributed by atoms with Crippen LogP contribution in [0.5, 0.6) is 0 Å². The third-order valence-corrected chi connectivity index (χ3v) is 15.1. The zero-order chi connectivity index (χ0) is 57.4. The highest BCUT2D eigenvalue weighted by Gasteiger charge is 2.36. The van der Waals surface area contributed by atoms with Gasteiger partial charge in [-0.3, -0.25) is 38.4 Å². The van der Waals surface area contributed by atoms with Crippen molar-refractivity contribution in [1.29, 1.82) is 0 Å². The number of nitrogens with one attached hydrogen (secondary N) is 9. The molecule has 0 bridgehead atoms. The van der Waals surface area contributed by atoms with Crippen molar-refractivity contribution in [2.45, 2.75) is 113 Å². The molecule has 26 heteroatoms. The van der Waals surface area contributed by atoms with Crippen molar-refractivity contribution < 1.29 is 68.3 Å². The highest BCUT2D eigenvalue weighted by atomic mass is 33.1. The summed E-state index contributed by atoms with van der Waals surface area (Å²) in [4.78, 5) is 127. The summed E-state index contributed by atoms with van der Waals surface area (Å²) in [7, 11) is 1.98. The number of unbranched alkanes of at least 4 members (excludes halogenated alkanes) is 1. The Kier molecular flexibility index (Phi) is 25.5. The van der Waals surface area contributed by atoms with Crippen LogP contribution >= 0.6 is 21.6 Å². The van der Waals surface area contributed by atoms with Crippen molar-refractivity contribution in [3.8, 4) is 0 Å². The standard InChI is InChI=1S/C53H70N10O14S2/c1-30(66)41(25-64)60-52(75)43-29-79-78-28-42(61-47(70)36(54)21-32-13-5-3-6-14-32)51(74)58-39(22-33-15-7-4-8-16-33)49(72)59-40(23-34-24-56-37-18-10-9-17-35(34)37)50(73)57-38(48(71)63-46(31(2)67)53(76)62-43)19-11-12-20-55-44(68)27-77-45(69)26-65/h3-10,13-18,24,30-31,36,38-43,46,56,64-67H,11-12,19-23,25-29,54H2,1-2H3,(H,55,68)(H,57,73)(H,58,74)(H,59,72)(H,60,75)(H,61,70)(H,62,76)(H,63,71)/t30-,31-,36?,38?,39?,40?,41?,42?,43?,46?/m1/s1. The van der Waals surface area contributed by atoms with Gasteiger partial charge in [0.05, 0.1) is 30.9 Å². The lowest BCUT2D eigenvalue weighted by atomic mass is 10.0. The summed E-state index contributed by atoms with van der Waals surface area (Å²) < 4.78 is 4.64. The molecule has 1 aromatic heterocycles. The van der Waals surface area contributed by atoms with Gasteiger partial charge < -0.3 is 78.4 Å². The number of esters is 1. The summed E-state index contributed by atoms with van der Waals surface area (Å²) in [5, 5.41) is 61.9. The molecule has 428 valence electrons. The van der Waals surface area contributed by atoms with E-state index >= 15 is 0 Å². The van der Waals surface area contributed by atoms with Crippen molar-refractivity contribution in [1.82, 2.24) is 47.5 Å². The van der Waals surface area contributed by atoms with Gasteiger partial charge in [0.1, 0.15) is 42.9 Å². The SMILES string of the molecule is C[C@@H](O)C(CO)NC(=O)C1CSSCC(NC(=O)C(N)Cc2ccccc2)C(=O)NC(Cc2ccccc2)C(=O)NC(Cc2c[nH]c3ccccc23)C(=O)NC(CCCCNC(=O)COC(=O)CO)C(=O)NC([C@@H](C)O)C(=O)N1. The second kappa shape index (κ2) is 32.1. The number of carbonyl (C=O) groups excluding carboxylic acids is 9. The van der Waals surface area contributed by atoms with E-state index in [4.69, 9.17) is 10.8 Å². The molecular weight excluding hydrogens is 1060 g/mol.